The number of carboxylic acid groups (broad SMARTS) is 1. The van der Waals surface area contributed by atoms with Crippen molar-refractivity contribution < 1.29 is 19.4 Å². The highest BCUT2D eigenvalue weighted by Gasteiger charge is 2.32. The van der Waals surface area contributed by atoms with Crippen molar-refractivity contribution in [2.45, 2.75) is 26.4 Å². The number of carbonyl (C=O) groups excluding carboxylic acids is 1. The number of rotatable bonds is 3. The van der Waals surface area contributed by atoms with E-state index in [0.29, 0.717) is 13.2 Å². The van der Waals surface area contributed by atoms with E-state index in [1.54, 1.807) is 4.90 Å². The predicted molar refractivity (Wildman–Crippen MR) is 70.3 cm³/mol. The molecule has 5 nitrogen and oxygen atoms in total. The van der Waals surface area contributed by atoms with Crippen molar-refractivity contribution >= 4 is 17.6 Å². The largest absolute Gasteiger partial charge is 0.481 e. The molecule has 1 heterocycles. The van der Waals surface area contributed by atoms with E-state index in [1.165, 1.54) is 0 Å². The van der Waals surface area contributed by atoms with Crippen LogP contribution < -0.4 is 4.90 Å². The molecule has 19 heavy (non-hydrogen) atoms. The van der Waals surface area contributed by atoms with Crippen molar-refractivity contribution in [2.75, 3.05) is 18.1 Å². The summed E-state index contributed by atoms with van der Waals surface area (Å²) in [6.07, 6.45) is -1.17. The van der Waals surface area contributed by atoms with E-state index in [2.05, 4.69) is 0 Å². The molecule has 0 aliphatic carbocycles. The maximum atomic E-state index is 12.2. The third kappa shape index (κ3) is 3.12. The van der Waals surface area contributed by atoms with E-state index in [0.717, 1.165) is 16.8 Å². The zero-order valence-corrected chi connectivity index (χ0v) is 11.0. The van der Waals surface area contributed by atoms with Crippen LogP contribution >= 0.6 is 0 Å². The minimum absolute atomic E-state index is 0.279. The second-order valence-electron chi connectivity index (χ2n) is 4.79. The summed E-state index contributed by atoms with van der Waals surface area (Å²) < 4.78 is 5.24. The van der Waals surface area contributed by atoms with Crippen LogP contribution in [0.2, 0.25) is 0 Å². The van der Waals surface area contributed by atoms with E-state index in [4.69, 9.17) is 9.84 Å². The second-order valence-corrected chi connectivity index (χ2v) is 4.79. The number of carboxylic acids is 1. The lowest BCUT2D eigenvalue weighted by Gasteiger charge is -2.32. The Morgan fingerprint density at radius 1 is 1.37 bits per heavy atom. The number of morpholine rings is 1. The molecular formula is C14H17NO4. The Kier molecular flexibility index (Phi) is 3.85. The van der Waals surface area contributed by atoms with Gasteiger partial charge in [-0.3, -0.25) is 9.59 Å². The van der Waals surface area contributed by atoms with Gasteiger partial charge in [0.2, 0.25) is 0 Å². The van der Waals surface area contributed by atoms with Crippen LogP contribution in [-0.4, -0.2) is 36.2 Å². The molecule has 102 valence electrons. The van der Waals surface area contributed by atoms with Crippen LogP contribution in [0, 0.1) is 13.8 Å². The topological polar surface area (TPSA) is 66.8 Å². The number of aryl methyl sites for hydroxylation is 2. The molecule has 0 radical (unpaired) electrons. The lowest BCUT2D eigenvalue weighted by molar-refractivity contribution is -0.147. The number of ether oxygens (including phenoxy) is 1. The van der Waals surface area contributed by atoms with Gasteiger partial charge in [-0.1, -0.05) is 6.07 Å². The van der Waals surface area contributed by atoms with Crippen LogP contribution in [0.1, 0.15) is 17.5 Å². The first-order chi connectivity index (χ1) is 8.97. The zero-order valence-electron chi connectivity index (χ0n) is 11.0. The number of amides is 1. The first kappa shape index (κ1) is 13.5. The van der Waals surface area contributed by atoms with Gasteiger partial charge in [-0.2, -0.15) is 0 Å². The van der Waals surface area contributed by atoms with Gasteiger partial charge < -0.3 is 14.7 Å². The van der Waals surface area contributed by atoms with Crippen molar-refractivity contribution in [2.24, 2.45) is 0 Å². The van der Waals surface area contributed by atoms with Gasteiger partial charge >= 0.3 is 5.97 Å². The monoisotopic (exact) mass is 263 g/mol. The molecule has 1 amide bonds. The maximum absolute atomic E-state index is 12.2. The summed E-state index contributed by atoms with van der Waals surface area (Å²) in [4.78, 5) is 24.5. The van der Waals surface area contributed by atoms with Crippen molar-refractivity contribution in [1.29, 1.82) is 0 Å². The smallest absolute Gasteiger partial charge is 0.306 e. The molecule has 0 bridgehead atoms. The number of nitrogens with zero attached hydrogens (tertiary/aromatic N) is 1. The minimum atomic E-state index is -1.03. The van der Waals surface area contributed by atoms with Crippen molar-refractivity contribution in [1.82, 2.24) is 0 Å². The van der Waals surface area contributed by atoms with E-state index in [1.807, 2.05) is 32.0 Å². The number of aliphatic carboxylic acids is 1. The molecule has 5 heteroatoms. The maximum Gasteiger partial charge on any atom is 0.306 e. The molecular weight excluding hydrogens is 246 g/mol. The third-order valence-electron chi connectivity index (χ3n) is 3.05. The summed E-state index contributed by atoms with van der Waals surface area (Å²) in [6, 6.07) is 5.88. The standard InChI is InChI=1S/C14H17NO4/c1-9-5-10(2)7-11(6-9)15-3-4-19-12(14(15)18)8-13(16)17/h5-7,12H,3-4,8H2,1-2H3,(H,16,17). The molecule has 1 aromatic rings. The zero-order chi connectivity index (χ0) is 14.0. The summed E-state index contributed by atoms with van der Waals surface area (Å²) in [5, 5.41) is 8.78. The number of anilines is 1. The van der Waals surface area contributed by atoms with Crippen LogP contribution in [0.25, 0.3) is 0 Å². The van der Waals surface area contributed by atoms with Crippen molar-refractivity contribution in [3.63, 3.8) is 0 Å². The Bertz CT molecular complexity index is 492. The summed E-state index contributed by atoms with van der Waals surface area (Å²) in [6.45, 7) is 4.75. The van der Waals surface area contributed by atoms with Gasteiger partial charge in [0.05, 0.1) is 13.0 Å². The van der Waals surface area contributed by atoms with E-state index in [-0.39, 0.29) is 12.3 Å². The number of benzene rings is 1. The first-order valence-electron chi connectivity index (χ1n) is 6.20. The average Bonchev–Trinajstić information content (AvgIpc) is 2.30. The van der Waals surface area contributed by atoms with Gasteiger partial charge in [-0.05, 0) is 37.1 Å². The first-order valence-corrected chi connectivity index (χ1v) is 6.20. The van der Waals surface area contributed by atoms with Gasteiger partial charge in [-0.25, -0.2) is 0 Å². The fourth-order valence-corrected chi connectivity index (χ4v) is 2.31. The van der Waals surface area contributed by atoms with Crippen LogP contribution in [0.4, 0.5) is 5.69 Å². The van der Waals surface area contributed by atoms with Crippen molar-refractivity contribution in [3.8, 4) is 0 Å². The summed E-state index contributed by atoms with van der Waals surface area (Å²) in [5.74, 6) is -1.31. The molecule has 0 saturated carbocycles. The Morgan fingerprint density at radius 3 is 2.58 bits per heavy atom. The second kappa shape index (κ2) is 5.40. The number of hydrogen-bond donors (Lipinski definition) is 1. The lowest BCUT2D eigenvalue weighted by Crippen LogP contribution is -2.48. The Balaban J connectivity index is 2.23. The highest BCUT2D eigenvalue weighted by atomic mass is 16.5. The molecule has 1 atom stereocenters. The fourth-order valence-electron chi connectivity index (χ4n) is 2.31. The molecule has 1 N–H and O–H groups in total. The van der Waals surface area contributed by atoms with Gasteiger partial charge in [0.25, 0.3) is 5.91 Å². The molecule has 1 saturated heterocycles. The van der Waals surface area contributed by atoms with Crippen LogP contribution in [0.3, 0.4) is 0 Å². The molecule has 0 aromatic heterocycles. The highest BCUT2D eigenvalue weighted by Crippen LogP contribution is 2.22. The van der Waals surface area contributed by atoms with Crippen LogP contribution in [-0.2, 0) is 14.3 Å². The van der Waals surface area contributed by atoms with Gasteiger partial charge in [0.15, 0.2) is 0 Å². The predicted octanol–water partition coefficient (Wildman–Crippen LogP) is 1.51. The van der Waals surface area contributed by atoms with Crippen LogP contribution in [0.15, 0.2) is 18.2 Å². The van der Waals surface area contributed by atoms with Gasteiger partial charge in [-0.15, -0.1) is 0 Å². The molecule has 1 aromatic carbocycles. The molecule has 1 aliphatic heterocycles. The molecule has 1 fully saturated rings. The SMILES string of the molecule is Cc1cc(C)cc(N2CCOC(CC(=O)O)C2=O)c1. The van der Waals surface area contributed by atoms with E-state index < -0.39 is 12.1 Å². The third-order valence-corrected chi connectivity index (χ3v) is 3.05. The molecule has 2 rings (SSSR count). The average molecular weight is 263 g/mol. The Hall–Kier alpha value is -1.88. The quantitative estimate of drug-likeness (QED) is 0.897. The summed E-state index contributed by atoms with van der Waals surface area (Å²) in [5.41, 5.74) is 2.95. The van der Waals surface area contributed by atoms with Crippen LogP contribution in [0.5, 0.6) is 0 Å². The molecule has 1 unspecified atom stereocenters. The molecule has 1 aliphatic rings. The van der Waals surface area contributed by atoms with E-state index in [9.17, 15) is 9.59 Å². The van der Waals surface area contributed by atoms with Gasteiger partial charge in [0.1, 0.15) is 6.10 Å². The van der Waals surface area contributed by atoms with Crippen molar-refractivity contribution in [3.05, 3.63) is 29.3 Å². The molecule has 0 spiro atoms. The number of hydrogen-bond acceptors (Lipinski definition) is 3. The number of carbonyl (C=O) groups is 2. The summed E-state index contributed by atoms with van der Waals surface area (Å²) in [7, 11) is 0. The Labute approximate surface area is 111 Å². The lowest BCUT2D eigenvalue weighted by atomic mass is 10.1. The minimum Gasteiger partial charge on any atom is -0.481 e. The normalized spacial score (nSPS) is 19.6. The highest BCUT2D eigenvalue weighted by molar-refractivity contribution is 5.99. The summed E-state index contributed by atoms with van der Waals surface area (Å²) >= 11 is 0. The fraction of sp³-hybridized carbons (Fsp3) is 0.429. The van der Waals surface area contributed by atoms with E-state index >= 15 is 0 Å². The Morgan fingerprint density at radius 2 is 2.00 bits per heavy atom. The van der Waals surface area contributed by atoms with Gasteiger partial charge in [0, 0.05) is 12.2 Å².